The Morgan fingerprint density at radius 1 is 0.882 bits per heavy atom. The fraction of sp³-hybridized carbons (Fsp3) is 0.222. The summed E-state index contributed by atoms with van der Waals surface area (Å²) in [6, 6.07) is 23.7. The number of likely N-dealkylation sites (N-methyl/N-ethyl adjacent to an activating group) is 1. The summed E-state index contributed by atoms with van der Waals surface area (Å²) >= 11 is 0. The fourth-order valence-electron chi connectivity index (χ4n) is 4.93. The van der Waals surface area contributed by atoms with Gasteiger partial charge in [0, 0.05) is 30.0 Å². The molecule has 7 heteroatoms. The van der Waals surface area contributed by atoms with Crippen LogP contribution in [0.5, 0.6) is 0 Å². The number of para-hydroxylation sites is 3. The summed E-state index contributed by atoms with van der Waals surface area (Å²) in [4.78, 5) is 46.0. The van der Waals surface area contributed by atoms with Crippen LogP contribution in [0, 0.1) is 0 Å². The molecule has 5 rings (SSSR count). The Hall–Kier alpha value is -4.13. The van der Waals surface area contributed by atoms with Gasteiger partial charge in [0.25, 0.3) is 11.8 Å². The van der Waals surface area contributed by atoms with Crippen LogP contribution in [0.25, 0.3) is 0 Å². The maximum Gasteiger partial charge on any atom is 0.279 e. The normalized spacial score (nSPS) is 18.5. The van der Waals surface area contributed by atoms with Crippen LogP contribution in [0.4, 0.5) is 17.1 Å². The average molecular weight is 455 g/mol. The molecular formula is C27H26N4O3. The van der Waals surface area contributed by atoms with Crippen molar-refractivity contribution in [3.05, 3.63) is 90.0 Å². The van der Waals surface area contributed by atoms with Gasteiger partial charge in [-0.05, 0) is 44.2 Å². The summed E-state index contributed by atoms with van der Waals surface area (Å²) in [5, 5.41) is 3.41. The molecule has 172 valence electrons. The lowest BCUT2D eigenvalue weighted by Gasteiger charge is -2.45. The summed E-state index contributed by atoms with van der Waals surface area (Å²) in [5.41, 5.74) is 1.41. The topological polar surface area (TPSA) is 73.0 Å². The zero-order valence-corrected chi connectivity index (χ0v) is 19.2. The molecule has 3 aromatic carbocycles. The lowest BCUT2D eigenvalue weighted by molar-refractivity contribution is -0.131. The fourth-order valence-corrected chi connectivity index (χ4v) is 4.93. The molecular weight excluding hydrogens is 428 g/mol. The van der Waals surface area contributed by atoms with Crippen molar-refractivity contribution < 1.29 is 14.4 Å². The van der Waals surface area contributed by atoms with E-state index in [0.717, 1.165) is 0 Å². The molecule has 0 radical (unpaired) electrons. The van der Waals surface area contributed by atoms with E-state index in [1.165, 1.54) is 9.80 Å². The SMILES string of the molecule is CCN(CC)C(=O)CN1C(=O)[C@@]2(Nc3ccccc3C(=O)N2c2ccccc2)c2ccccc21. The van der Waals surface area contributed by atoms with E-state index in [2.05, 4.69) is 5.32 Å². The number of rotatable bonds is 5. The van der Waals surface area contributed by atoms with Crippen molar-refractivity contribution in [2.24, 2.45) is 0 Å². The van der Waals surface area contributed by atoms with Gasteiger partial charge in [0.2, 0.25) is 11.6 Å². The van der Waals surface area contributed by atoms with Crippen LogP contribution in [0.15, 0.2) is 78.9 Å². The summed E-state index contributed by atoms with van der Waals surface area (Å²) in [7, 11) is 0. The minimum atomic E-state index is -1.51. The van der Waals surface area contributed by atoms with Gasteiger partial charge in [-0.3, -0.25) is 24.2 Å². The molecule has 7 nitrogen and oxygen atoms in total. The first kappa shape index (κ1) is 21.7. The molecule has 1 N–H and O–H groups in total. The number of carbonyl (C=O) groups is 3. The van der Waals surface area contributed by atoms with Gasteiger partial charge >= 0.3 is 0 Å². The maximum absolute atomic E-state index is 14.3. The Labute approximate surface area is 198 Å². The lowest BCUT2D eigenvalue weighted by Crippen LogP contribution is -2.63. The van der Waals surface area contributed by atoms with E-state index in [4.69, 9.17) is 0 Å². The third-order valence-electron chi connectivity index (χ3n) is 6.57. The molecule has 2 aliphatic rings. The molecule has 0 unspecified atom stereocenters. The van der Waals surface area contributed by atoms with E-state index in [-0.39, 0.29) is 24.3 Å². The second-order valence-corrected chi connectivity index (χ2v) is 8.33. The van der Waals surface area contributed by atoms with E-state index in [9.17, 15) is 14.4 Å². The highest BCUT2D eigenvalue weighted by Crippen LogP contribution is 2.49. The van der Waals surface area contributed by atoms with Crippen molar-refractivity contribution in [2.75, 3.05) is 34.8 Å². The molecule has 34 heavy (non-hydrogen) atoms. The van der Waals surface area contributed by atoms with Crippen LogP contribution in [-0.4, -0.2) is 42.3 Å². The van der Waals surface area contributed by atoms with Crippen LogP contribution < -0.4 is 15.1 Å². The Balaban J connectivity index is 1.71. The van der Waals surface area contributed by atoms with Crippen LogP contribution in [-0.2, 0) is 15.3 Å². The number of carbonyl (C=O) groups excluding carboxylic acids is 3. The largest absolute Gasteiger partial charge is 0.350 e. The Morgan fingerprint density at radius 3 is 2.26 bits per heavy atom. The van der Waals surface area contributed by atoms with Gasteiger partial charge in [-0.15, -0.1) is 0 Å². The second-order valence-electron chi connectivity index (χ2n) is 8.33. The lowest BCUT2D eigenvalue weighted by atomic mass is 9.92. The highest BCUT2D eigenvalue weighted by molar-refractivity contribution is 6.23. The molecule has 0 saturated heterocycles. The summed E-state index contributed by atoms with van der Waals surface area (Å²) in [6.45, 7) is 4.85. The van der Waals surface area contributed by atoms with Crippen molar-refractivity contribution in [1.82, 2.24) is 4.90 Å². The summed E-state index contributed by atoms with van der Waals surface area (Å²) < 4.78 is 0. The number of anilines is 3. The summed E-state index contributed by atoms with van der Waals surface area (Å²) in [5.74, 6) is -0.777. The smallest absolute Gasteiger partial charge is 0.279 e. The molecule has 1 spiro atoms. The van der Waals surface area contributed by atoms with Crippen molar-refractivity contribution in [1.29, 1.82) is 0 Å². The highest BCUT2D eigenvalue weighted by Gasteiger charge is 2.59. The van der Waals surface area contributed by atoms with E-state index in [1.54, 1.807) is 23.1 Å². The molecule has 2 aliphatic heterocycles. The third-order valence-corrected chi connectivity index (χ3v) is 6.57. The zero-order valence-electron chi connectivity index (χ0n) is 19.2. The molecule has 0 bridgehead atoms. The number of amides is 3. The molecule has 3 amide bonds. The van der Waals surface area contributed by atoms with E-state index in [0.29, 0.717) is 41.3 Å². The highest BCUT2D eigenvalue weighted by atomic mass is 16.2. The second kappa shape index (κ2) is 8.33. The Bertz CT molecular complexity index is 1270. The van der Waals surface area contributed by atoms with Crippen LogP contribution >= 0.6 is 0 Å². The van der Waals surface area contributed by atoms with Gasteiger partial charge in [0.05, 0.1) is 11.3 Å². The quantitative estimate of drug-likeness (QED) is 0.636. The van der Waals surface area contributed by atoms with Crippen LogP contribution in [0.1, 0.15) is 29.8 Å². The molecule has 0 saturated carbocycles. The van der Waals surface area contributed by atoms with Crippen molar-refractivity contribution >= 4 is 34.8 Å². The first-order chi connectivity index (χ1) is 16.5. The van der Waals surface area contributed by atoms with Gasteiger partial charge in [0.1, 0.15) is 6.54 Å². The number of benzene rings is 3. The standard InChI is InChI=1S/C27H26N4O3/c1-3-29(4-2)24(32)18-30-23-17-11-9-15-21(23)27(26(30)34)28-22-16-10-8-14-20(22)25(33)31(27)19-12-6-5-7-13-19/h5-17,28H,3-4,18H2,1-2H3/t27-/m1/s1. The number of nitrogens with zero attached hydrogens (tertiary/aromatic N) is 3. The van der Waals surface area contributed by atoms with Gasteiger partial charge in [-0.1, -0.05) is 48.5 Å². The minimum absolute atomic E-state index is 0.0978. The third kappa shape index (κ3) is 3.08. The molecule has 2 heterocycles. The van der Waals surface area contributed by atoms with Gasteiger partial charge in [-0.2, -0.15) is 0 Å². The van der Waals surface area contributed by atoms with Crippen LogP contribution in [0.3, 0.4) is 0 Å². The zero-order chi connectivity index (χ0) is 23.9. The van der Waals surface area contributed by atoms with E-state index in [1.807, 2.05) is 74.5 Å². The van der Waals surface area contributed by atoms with Gasteiger partial charge in [0.15, 0.2) is 0 Å². The number of nitrogens with one attached hydrogen (secondary N) is 1. The Morgan fingerprint density at radius 2 is 1.53 bits per heavy atom. The van der Waals surface area contributed by atoms with Gasteiger partial charge < -0.3 is 10.2 Å². The average Bonchev–Trinajstić information content (AvgIpc) is 3.09. The number of hydrogen-bond donors (Lipinski definition) is 1. The van der Waals surface area contributed by atoms with E-state index < -0.39 is 5.66 Å². The minimum Gasteiger partial charge on any atom is -0.350 e. The molecule has 1 atom stereocenters. The van der Waals surface area contributed by atoms with E-state index >= 15 is 0 Å². The van der Waals surface area contributed by atoms with Gasteiger partial charge in [-0.25, -0.2) is 0 Å². The van der Waals surface area contributed by atoms with Crippen molar-refractivity contribution in [3.63, 3.8) is 0 Å². The number of fused-ring (bicyclic) bond motifs is 3. The molecule has 0 fully saturated rings. The molecule has 0 aliphatic carbocycles. The first-order valence-electron chi connectivity index (χ1n) is 11.5. The Kier molecular flexibility index (Phi) is 5.32. The number of hydrogen-bond acceptors (Lipinski definition) is 4. The molecule has 0 aromatic heterocycles. The predicted octanol–water partition coefficient (Wildman–Crippen LogP) is 3.83. The molecule has 3 aromatic rings. The van der Waals surface area contributed by atoms with Crippen molar-refractivity contribution in [3.8, 4) is 0 Å². The van der Waals surface area contributed by atoms with Crippen LogP contribution in [0.2, 0.25) is 0 Å². The summed E-state index contributed by atoms with van der Waals surface area (Å²) in [6.07, 6.45) is 0. The van der Waals surface area contributed by atoms with Crippen molar-refractivity contribution in [2.45, 2.75) is 19.5 Å². The maximum atomic E-state index is 14.3. The predicted molar refractivity (Wildman–Crippen MR) is 132 cm³/mol. The first-order valence-corrected chi connectivity index (χ1v) is 11.5. The monoisotopic (exact) mass is 454 g/mol.